The second kappa shape index (κ2) is 10.7. The fraction of sp³-hybridized carbons (Fsp3) is 0.684. The Morgan fingerprint density at radius 3 is 2.81 bits per heavy atom. The van der Waals surface area contributed by atoms with Gasteiger partial charge in [-0.2, -0.15) is 11.8 Å². The fourth-order valence-corrected chi connectivity index (χ4v) is 4.70. The van der Waals surface area contributed by atoms with Crippen LogP contribution in [0.2, 0.25) is 0 Å². The first kappa shape index (κ1) is 22.5. The van der Waals surface area contributed by atoms with Crippen molar-refractivity contribution in [3.63, 3.8) is 0 Å². The van der Waals surface area contributed by atoms with Crippen LogP contribution in [0.4, 0.5) is 5.82 Å². The average molecular weight is 505 g/mol. The number of aliphatic hydroxyl groups is 1. The summed E-state index contributed by atoms with van der Waals surface area (Å²) in [7, 11) is 0. The van der Waals surface area contributed by atoms with Crippen LogP contribution in [0.1, 0.15) is 31.9 Å². The minimum atomic E-state index is -0.632. The van der Waals surface area contributed by atoms with E-state index in [1.807, 2.05) is 24.8 Å². The highest BCUT2D eigenvalue weighted by molar-refractivity contribution is 14.0. The monoisotopic (exact) mass is 505 g/mol. The van der Waals surface area contributed by atoms with E-state index in [-0.39, 0.29) is 24.0 Å². The zero-order valence-corrected chi connectivity index (χ0v) is 19.4. The molecule has 152 valence electrons. The van der Waals surface area contributed by atoms with Crippen molar-refractivity contribution in [1.82, 2.24) is 15.6 Å². The number of guanidine groups is 1. The van der Waals surface area contributed by atoms with E-state index in [1.54, 1.807) is 0 Å². The lowest BCUT2D eigenvalue weighted by Crippen LogP contribution is -2.49. The lowest BCUT2D eigenvalue weighted by Gasteiger charge is -2.34. The fourth-order valence-electron chi connectivity index (χ4n) is 3.42. The summed E-state index contributed by atoms with van der Waals surface area (Å²) in [5, 5.41) is 17.4. The van der Waals surface area contributed by atoms with Crippen molar-refractivity contribution < 1.29 is 5.11 Å². The van der Waals surface area contributed by atoms with Crippen molar-refractivity contribution in [3.05, 3.63) is 23.9 Å². The highest BCUT2D eigenvalue weighted by Crippen LogP contribution is 2.27. The maximum absolute atomic E-state index is 10.5. The standard InChI is InChI=1S/C19H31N5OS.HI/c1-3-20-18(21-13-19(25)9-12-26-14-19)23-16-7-10-24(11-8-16)17-6-4-5-15(2)22-17;/h4-6,16,25H,3,7-14H2,1-2H3,(H2,20,21,23);1H. The molecular formula is C19H32IN5OS. The van der Waals surface area contributed by atoms with Gasteiger partial charge in [0.25, 0.3) is 0 Å². The molecule has 3 rings (SSSR count). The van der Waals surface area contributed by atoms with Crippen LogP contribution in [0.5, 0.6) is 0 Å². The van der Waals surface area contributed by atoms with Crippen LogP contribution in [0.15, 0.2) is 23.2 Å². The molecule has 2 aliphatic rings. The summed E-state index contributed by atoms with van der Waals surface area (Å²) in [5.74, 6) is 3.72. The Bertz CT molecular complexity index is 616. The van der Waals surface area contributed by atoms with Crippen LogP contribution in [-0.4, -0.2) is 65.4 Å². The molecule has 27 heavy (non-hydrogen) atoms. The molecule has 1 aromatic heterocycles. The second-order valence-electron chi connectivity index (χ2n) is 7.26. The molecule has 0 bridgehead atoms. The van der Waals surface area contributed by atoms with Gasteiger partial charge in [-0.15, -0.1) is 24.0 Å². The molecule has 2 aliphatic heterocycles. The highest BCUT2D eigenvalue weighted by atomic mass is 127. The van der Waals surface area contributed by atoms with Gasteiger partial charge in [0.05, 0.1) is 12.1 Å². The van der Waals surface area contributed by atoms with Crippen molar-refractivity contribution in [2.75, 3.05) is 42.6 Å². The van der Waals surface area contributed by atoms with Crippen molar-refractivity contribution in [2.45, 2.75) is 44.8 Å². The summed E-state index contributed by atoms with van der Waals surface area (Å²) >= 11 is 1.81. The Hall–Kier alpha value is -0.740. The molecule has 6 nitrogen and oxygen atoms in total. The molecule has 1 atom stereocenters. The number of anilines is 1. The molecule has 0 spiro atoms. The summed E-state index contributed by atoms with van der Waals surface area (Å²) in [6, 6.07) is 6.60. The average Bonchev–Trinajstić information content (AvgIpc) is 3.08. The number of aliphatic imine (C=N–C) groups is 1. The van der Waals surface area contributed by atoms with Crippen molar-refractivity contribution in [1.29, 1.82) is 0 Å². The summed E-state index contributed by atoms with van der Waals surface area (Å²) < 4.78 is 0. The van der Waals surface area contributed by atoms with E-state index in [4.69, 9.17) is 0 Å². The molecule has 8 heteroatoms. The first-order chi connectivity index (χ1) is 12.6. The summed E-state index contributed by atoms with van der Waals surface area (Å²) in [4.78, 5) is 11.6. The molecule has 0 radical (unpaired) electrons. The maximum atomic E-state index is 10.5. The van der Waals surface area contributed by atoms with Crippen LogP contribution in [0.3, 0.4) is 0 Å². The quantitative estimate of drug-likeness (QED) is 0.325. The molecule has 3 N–H and O–H groups in total. The number of piperidine rings is 1. The number of hydrogen-bond acceptors (Lipinski definition) is 5. The minimum Gasteiger partial charge on any atom is -0.387 e. The molecule has 0 aromatic carbocycles. The number of aryl methyl sites for hydroxylation is 1. The normalized spacial score (nSPS) is 23.8. The Morgan fingerprint density at radius 2 is 2.19 bits per heavy atom. The number of hydrogen-bond donors (Lipinski definition) is 3. The van der Waals surface area contributed by atoms with Gasteiger partial charge in [0.2, 0.25) is 0 Å². The van der Waals surface area contributed by atoms with Crippen LogP contribution >= 0.6 is 35.7 Å². The predicted molar refractivity (Wildman–Crippen MR) is 126 cm³/mol. The zero-order chi connectivity index (χ0) is 18.4. The van der Waals surface area contributed by atoms with Crippen LogP contribution in [0.25, 0.3) is 0 Å². The molecule has 2 saturated heterocycles. The van der Waals surface area contributed by atoms with Crippen molar-refractivity contribution in [2.24, 2.45) is 4.99 Å². The Kier molecular flexibility index (Phi) is 8.94. The lowest BCUT2D eigenvalue weighted by atomic mass is 10.0. The van der Waals surface area contributed by atoms with Gasteiger partial charge >= 0.3 is 0 Å². The Balaban J connectivity index is 0.00000261. The van der Waals surface area contributed by atoms with Gasteiger partial charge in [0.15, 0.2) is 5.96 Å². The summed E-state index contributed by atoms with van der Waals surface area (Å²) in [6.07, 6.45) is 2.95. The molecule has 0 aliphatic carbocycles. The van der Waals surface area contributed by atoms with Gasteiger partial charge in [-0.05, 0) is 51.0 Å². The van der Waals surface area contributed by atoms with Gasteiger partial charge < -0.3 is 20.6 Å². The van der Waals surface area contributed by atoms with Gasteiger partial charge in [-0.1, -0.05) is 6.07 Å². The molecule has 2 fully saturated rings. The van der Waals surface area contributed by atoms with Crippen LogP contribution < -0.4 is 15.5 Å². The molecule has 0 saturated carbocycles. The van der Waals surface area contributed by atoms with Gasteiger partial charge in [-0.25, -0.2) is 4.98 Å². The first-order valence-electron chi connectivity index (χ1n) is 9.61. The molecule has 1 unspecified atom stereocenters. The zero-order valence-electron chi connectivity index (χ0n) is 16.3. The van der Waals surface area contributed by atoms with E-state index < -0.39 is 5.60 Å². The smallest absolute Gasteiger partial charge is 0.191 e. The van der Waals surface area contributed by atoms with Gasteiger partial charge in [-0.3, -0.25) is 4.99 Å². The molecule has 1 aromatic rings. The lowest BCUT2D eigenvalue weighted by molar-refractivity contribution is 0.0778. The van der Waals surface area contributed by atoms with Gasteiger partial charge in [0, 0.05) is 37.1 Å². The third-order valence-electron chi connectivity index (χ3n) is 4.99. The predicted octanol–water partition coefficient (Wildman–Crippen LogP) is 2.40. The number of rotatable bonds is 5. The van der Waals surface area contributed by atoms with E-state index in [0.29, 0.717) is 12.6 Å². The van der Waals surface area contributed by atoms with Crippen molar-refractivity contribution in [3.8, 4) is 0 Å². The van der Waals surface area contributed by atoms with Crippen molar-refractivity contribution >= 4 is 47.5 Å². The third-order valence-corrected chi connectivity index (χ3v) is 6.23. The number of thioether (sulfide) groups is 1. The number of aromatic nitrogens is 1. The van der Waals surface area contributed by atoms with Crippen LogP contribution in [-0.2, 0) is 0 Å². The van der Waals surface area contributed by atoms with E-state index in [0.717, 1.165) is 67.9 Å². The molecule has 3 heterocycles. The molecular weight excluding hydrogens is 473 g/mol. The van der Waals surface area contributed by atoms with Crippen LogP contribution in [0, 0.1) is 6.92 Å². The number of halogens is 1. The highest BCUT2D eigenvalue weighted by Gasteiger charge is 2.31. The Morgan fingerprint density at radius 1 is 1.41 bits per heavy atom. The number of pyridine rings is 1. The SMILES string of the molecule is CCNC(=NCC1(O)CCSC1)NC1CCN(c2cccc(C)n2)CC1.I. The minimum absolute atomic E-state index is 0. The van der Waals surface area contributed by atoms with E-state index >= 15 is 0 Å². The van der Waals surface area contributed by atoms with E-state index in [1.165, 1.54) is 0 Å². The summed E-state index contributed by atoms with van der Waals surface area (Å²) in [6.45, 7) is 7.39. The third kappa shape index (κ3) is 6.67. The maximum Gasteiger partial charge on any atom is 0.191 e. The summed E-state index contributed by atoms with van der Waals surface area (Å²) in [5.41, 5.74) is 0.431. The number of nitrogens with zero attached hydrogens (tertiary/aromatic N) is 3. The largest absolute Gasteiger partial charge is 0.387 e. The van der Waals surface area contributed by atoms with E-state index in [9.17, 15) is 5.11 Å². The number of nitrogens with one attached hydrogen (secondary N) is 2. The Labute approximate surface area is 184 Å². The second-order valence-corrected chi connectivity index (χ2v) is 8.37. The molecule has 0 amide bonds. The first-order valence-corrected chi connectivity index (χ1v) is 10.8. The van der Waals surface area contributed by atoms with Gasteiger partial charge in [0.1, 0.15) is 5.82 Å². The topological polar surface area (TPSA) is 72.8 Å². The van der Waals surface area contributed by atoms with E-state index in [2.05, 4.69) is 44.6 Å².